The summed E-state index contributed by atoms with van der Waals surface area (Å²) in [5.74, 6) is 0.0945. The van der Waals surface area contributed by atoms with Crippen molar-refractivity contribution in [3.8, 4) is 16.9 Å². The van der Waals surface area contributed by atoms with Crippen molar-refractivity contribution in [3.63, 3.8) is 0 Å². The summed E-state index contributed by atoms with van der Waals surface area (Å²) in [5.41, 5.74) is 6.76. The molecule has 152 valence electrons. The molecule has 0 bridgehead atoms. The largest absolute Gasteiger partial charge is 0.484 e. The van der Waals surface area contributed by atoms with E-state index in [1.54, 1.807) is 19.1 Å². The molecule has 2 amide bonds. The van der Waals surface area contributed by atoms with Crippen LogP contribution in [0, 0.1) is 0 Å². The van der Waals surface area contributed by atoms with Gasteiger partial charge in [0.05, 0.1) is 5.71 Å². The standard InChI is InChI=1S/C24H23N3O3/c1-17(21-9-6-10-22(15-21)25-18(2)28)26-27-24(29)16-30-23-13-11-20(12-14-23)19-7-4-3-5-8-19/h3-15H,16H2,1-2H3,(H,25,28)(H,27,29)/b26-17-. The highest BCUT2D eigenvalue weighted by atomic mass is 16.5. The fourth-order valence-electron chi connectivity index (χ4n) is 2.79. The highest BCUT2D eigenvalue weighted by Gasteiger charge is 2.05. The number of nitrogens with one attached hydrogen (secondary N) is 2. The van der Waals surface area contributed by atoms with E-state index < -0.39 is 0 Å². The monoisotopic (exact) mass is 401 g/mol. The molecule has 0 fully saturated rings. The van der Waals surface area contributed by atoms with Crippen LogP contribution in [0.2, 0.25) is 0 Å². The van der Waals surface area contributed by atoms with Crippen LogP contribution in [-0.4, -0.2) is 24.1 Å². The molecule has 0 aliphatic heterocycles. The molecule has 3 aromatic rings. The first kappa shape index (κ1) is 20.8. The molecule has 6 nitrogen and oxygen atoms in total. The number of carbonyl (C=O) groups is 2. The third kappa shape index (κ3) is 6.04. The molecule has 0 saturated carbocycles. The number of anilines is 1. The average molecular weight is 401 g/mol. The van der Waals surface area contributed by atoms with Crippen LogP contribution in [0.3, 0.4) is 0 Å². The first-order valence-corrected chi connectivity index (χ1v) is 9.51. The number of amides is 2. The van der Waals surface area contributed by atoms with Crippen molar-refractivity contribution >= 4 is 23.2 Å². The molecule has 0 heterocycles. The Morgan fingerprint density at radius 3 is 2.27 bits per heavy atom. The van der Waals surface area contributed by atoms with Gasteiger partial charge in [-0.1, -0.05) is 54.6 Å². The van der Waals surface area contributed by atoms with E-state index in [1.807, 2.05) is 66.7 Å². The smallest absolute Gasteiger partial charge is 0.277 e. The Morgan fingerprint density at radius 2 is 1.57 bits per heavy atom. The van der Waals surface area contributed by atoms with Crippen LogP contribution in [-0.2, 0) is 9.59 Å². The normalized spacial score (nSPS) is 10.9. The van der Waals surface area contributed by atoms with E-state index >= 15 is 0 Å². The zero-order valence-electron chi connectivity index (χ0n) is 16.9. The number of hydrazone groups is 1. The highest BCUT2D eigenvalue weighted by Crippen LogP contribution is 2.22. The summed E-state index contributed by atoms with van der Waals surface area (Å²) >= 11 is 0. The number of ether oxygens (including phenoxy) is 1. The predicted octanol–water partition coefficient (Wildman–Crippen LogP) is 4.23. The molecule has 30 heavy (non-hydrogen) atoms. The second-order valence-corrected chi connectivity index (χ2v) is 6.67. The van der Waals surface area contributed by atoms with Crippen LogP contribution in [0.15, 0.2) is 84.0 Å². The molecule has 0 saturated heterocycles. The van der Waals surface area contributed by atoms with E-state index in [-0.39, 0.29) is 18.4 Å². The minimum Gasteiger partial charge on any atom is -0.484 e. The molecular weight excluding hydrogens is 378 g/mol. The molecule has 0 unspecified atom stereocenters. The Balaban J connectivity index is 1.52. The maximum absolute atomic E-state index is 12.1. The lowest BCUT2D eigenvalue weighted by molar-refractivity contribution is -0.123. The second kappa shape index (κ2) is 10.0. The van der Waals surface area contributed by atoms with Gasteiger partial charge in [-0.3, -0.25) is 9.59 Å². The van der Waals surface area contributed by atoms with Gasteiger partial charge in [0.25, 0.3) is 5.91 Å². The van der Waals surface area contributed by atoms with Gasteiger partial charge in [-0.2, -0.15) is 5.10 Å². The van der Waals surface area contributed by atoms with Gasteiger partial charge in [-0.15, -0.1) is 0 Å². The van der Waals surface area contributed by atoms with Crippen molar-refractivity contribution in [2.24, 2.45) is 5.10 Å². The summed E-state index contributed by atoms with van der Waals surface area (Å²) in [6, 6.07) is 24.8. The van der Waals surface area contributed by atoms with E-state index in [2.05, 4.69) is 15.8 Å². The van der Waals surface area contributed by atoms with Crippen molar-refractivity contribution in [1.29, 1.82) is 0 Å². The van der Waals surface area contributed by atoms with Crippen LogP contribution < -0.4 is 15.5 Å². The number of rotatable bonds is 7. The zero-order chi connectivity index (χ0) is 21.3. The van der Waals surface area contributed by atoms with Crippen molar-refractivity contribution in [2.45, 2.75) is 13.8 Å². The Bertz CT molecular complexity index is 1040. The number of benzene rings is 3. The first-order valence-electron chi connectivity index (χ1n) is 9.51. The fourth-order valence-corrected chi connectivity index (χ4v) is 2.79. The molecule has 0 aliphatic carbocycles. The summed E-state index contributed by atoms with van der Waals surface area (Å²) in [5, 5.41) is 6.82. The van der Waals surface area contributed by atoms with Crippen molar-refractivity contribution < 1.29 is 14.3 Å². The Labute approximate surface area is 175 Å². The van der Waals surface area contributed by atoms with E-state index in [1.165, 1.54) is 6.92 Å². The van der Waals surface area contributed by atoms with E-state index in [4.69, 9.17) is 4.74 Å². The van der Waals surface area contributed by atoms with Crippen LogP contribution in [0.1, 0.15) is 19.4 Å². The van der Waals surface area contributed by atoms with E-state index in [0.29, 0.717) is 17.1 Å². The quantitative estimate of drug-likeness (QED) is 0.459. The molecule has 0 radical (unpaired) electrons. The minimum absolute atomic E-state index is 0.145. The highest BCUT2D eigenvalue weighted by molar-refractivity contribution is 6.00. The lowest BCUT2D eigenvalue weighted by Gasteiger charge is -2.08. The van der Waals surface area contributed by atoms with Crippen molar-refractivity contribution in [1.82, 2.24) is 5.43 Å². The SMILES string of the molecule is CC(=O)Nc1cccc(/C(C)=N\NC(=O)COc2ccc(-c3ccccc3)cc2)c1. The topological polar surface area (TPSA) is 79.8 Å². The predicted molar refractivity (Wildman–Crippen MR) is 118 cm³/mol. The first-order chi connectivity index (χ1) is 14.5. The zero-order valence-corrected chi connectivity index (χ0v) is 16.9. The van der Waals surface area contributed by atoms with Crippen LogP contribution >= 0.6 is 0 Å². The molecule has 0 aromatic heterocycles. The Hall–Kier alpha value is -3.93. The number of hydrogen-bond acceptors (Lipinski definition) is 4. The lowest BCUT2D eigenvalue weighted by Crippen LogP contribution is -2.25. The summed E-state index contributed by atoms with van der Waals surface area (Å²) in [6.45, 7) is 3.08. The number of nitrogens with zero attached hydrogens (tertiary/aromatic N) is 1. The van der Waals surface area contributed by atoms with Gasteiger partial charge >= 0.3 is 0 Å². The van der Waals surface area contributed by atoms with Gasteiger partial charge in [-0.25, -0.2) is 5.43 Å². The van der Waals surface area contributed by atoms with E-state index in [0.717, 1.165) is 16.7 Å². The number of hydrogen-bond donors (Lipinski definition) is 2. The van der Waals surface area contributed by atoms with Gasteiger partial charge in [-0.05, 0) is 47.9 Å². The van der Waals surface area contributed by atoms with Gasteiger partial charge in [0.2, 0.25) is 5.91 Å². The fraction of sp³-hybridized carbons (Fsp3) is 0.125. The van der Waals surface area contributed by atoms with Gasteiger partial charge in [0.15, 0.2) is 6.61 Å². The molecule has 0 aliphatic rings. The van der Waals surface area contributed by atoms with Gasteiger partial charge in [0.1, 0.15) is 5.75 Å². The third-order valence-corrected chi connectivity index (χ3v) is 4.28. The van der Waals surface area contributed by atoms with E-state index in [9.17, 15) is 9.59 Å². The molecule has 6 heteroatoms. The van der Waals surface area contributed by atoms with Crippen LogP contribution in [0.25, 0.3) is 11.1 Å². The number of carbonyl (C=O) groups excluding carboxylic acids is 2. The Morgan fingerprint density at radius 1 is 0.867 bits per heavy atom. The summed E-state index contributed by atoms with van der Waals surface area (Å²) in [4.78, 5) is 23.2. The Kier molecular flexibility index (Phi) is 6.95. The lowest BCUT2D eigenvalue weighted by atomic mass is 10.1. The summed E-state index contributed by atoms with van der Waals surface area (Å²) in [7, 11) is 0. The molecule has 0 atom stereocenters. The van der Waals surface area contributed by atoms with Crippen molar-refractivity contribution in [3.05, 3.63) is 84.4 Å². The minimum atomic E-state index is -0.362. The molecule has 3 rings (SSSR count). The van der Waals surface area contributed by atoms with Gasteiger partial charge in [0, 0.05) is 12.6 Å². The molecule has 2 N–H and O–H groups in total. The summed E-state index contributed by atoms with van der Waals surface area (Å²) < 4.78 is 5.53. The van der Waals surface area contributed by atoms with Crippen LogP contribution in [0.4, 0.5) is 5.69 Å². The maximum Gasteiger partial charge on any atom is 0.277 e. The molecular formula is C24H23N3O3. The van der Waals surface area contributed by atoms with Crippen molar-refractivity contribution in [2.75, 3.05) is 11.9 Å². The average Bonchev–Trinajstić information content (AvgIpc) is 2.76. The van der Waals surface area contributed by atoms with Crippen LogP contribution in [0.5, 0.6) is 5.75 Å². The summed E-state index contributed by atoms with van der Waals surface area (Å²) in [6.07, 6.45) is 0. The van der Waals surface area contributed by atoms with Gasteiger partial charge < -0.3 is 10.1 Å². The third-order valence-electron chi connectivity index (χ3n) is 4.28. The molecule has 3 aromatic carbocycles. The second-order valence-electron chi connectivity index (χ2n) is 6.67. The molecule has 0 spiro atoms. The maximum atomic E-state index is 12.1.